The average molecular weight is 276 g/mol. The summed E-state index contributed by atoms with van der Waals surface area (Å²) in [6.07, 6.45) is 2.62. The van der Waals surface area contributed by atoms with E-state index in [1.54, 1.807) is 18.2 Å². The molecular weight excluding hydrogens is 260 g/mol. The number of rotatable bonds is 2. The van der Waals surface area contributed by atoms with Gasteiger partial charge in [-0.3, -0.25) is 4.79 Å². The molecule has 0 fully saturated rings. The first-order chi connectivity index (χ1) is 10.3. The molecule has 0 saturated carbocycles. The molecule has 0 aliphatic heterocycles. The van der Waals surface area contributed by atoms with Crippen LogP contribution in [0.1, 0.15) is 23.1 Å². The minimum Gasteiger partial charge on any atom is -0.326 e. The molecule has 1 amide bonds. The zero-order chi connectivity index (χ0) is 14.7. The molecule has 3 heteroatoms. The normalized spacial score (nSPS) is 16.6. The fourth-order valence-electron chi connectivity index (χ4n) is 2.83. The molecule has 3 rings (SSSR count). The largest absolute Gasteiger partial charge is 0.326 e. The number of nitrogens with zero attached hydrogens (tertiary/aromatic N) is 1. The molecule has 0 spiro atoms. The van der Waals surface area contributed by atoms with Crippen molar-refractivity contribution >= 4 is 11.6 Å². The molecule has 1 aliphatic carbocycles. The van der Waals surface area contributed by atoms with Crippen molar-refractivity contribution in [1.29, 1.82) is 5.26 Å². The fraction of sp³-hybridized carbons (Fsp3) is 0.222. The summed E-state index contributed by atoms with van der Waals surface area (Å²) in [4.78, 5) is 12.4. The SMILES string of the molecule is N#Cc1cccc(NC(=O)C2CCc3ccccc3C2)c1. The van der Waals surface area contributed by atoms with Crippen LogP contribution < -0.4 is 5.32 Å². The zero-order valence-electron chi connectivity index (χ0n) is 11.7. The van der Waals surface area contributed by atoms with Crippen LogP contribution in [0.15, 0.2) is 48.5 Å². The Kier molecular flexibility index (Phi) is 3.70. The van der Waals surface area contributed by atoms with Crippen molar-refractivity contribution < 1.29 is 4.79 Å². The molecule has 1 unspecified atom stereocenters. The maximum absolute atomic E-state index is 12.4. The zero-order valence-corrected chi connectivity index (χ0v) is 11.7. The fourth-order valence-corrected chi connectivity index (χ4v) is 2.83. The third-order valence-electron chi connectivity index (χ3n) is 3.98. The average Bonchev–Trinajstić information content (AvgIpc) is 2.54. The Bertz CT molecular complexity index is 715. The molecule has 104 valence electrons. The van der Waals surface area contributed by atoms with Gasteiger partial charge in [-0.25, -0.2) is 0 Å². The van der Waals surface area contributed by atoms with Gasteiger partial charge in [-0.1, -0.05) is 30.3 Å². The first kappa shape index (κ1) is 13.4. The lowest BCUT2D eigenvalue weighted by molar-refractivity contribution is -0.120. The van der Waals surface area contributed by atoms with E-state index in [4.69, 9.17) is 5.26 Å². The highest BCUT2D eigenvalue weighted by molar-refractivity contribution is 5.93. The lowest BCUT2D eigenvalue weighted by atomic mass is 9.83. The molecule has 2 aromatic carbocycles. The number of benzene rings is 2. The van der Waals surface area contributed by atoms with Gasteiger partial charge in [0, 0.05) is 11.6 Å². The van der Waals surface area contributed by atoms with Gasteiger partial charge in [-0.05, 0) is 48.6 Å². The number of aryl methyl sites for hydroxylation is 1. The van der Waals surface area contributed by atoms with Crippen molar-refractivity contribution in [2.45, 2.75) is 19.3 Å². The predicted octanol–water partition coefficient (Wildman–Crippen LogP) is 3.30. The lowest BCUT2D eigenvalue weighted by Crippen LogP contribution is -2.28. The van der Waals surface area contributed by atoms with Gasteiger partial charge in [-0.15, -0.1) is 0 Å². The second-order valence-electron chi connectivity index (χ2n) is 5.39. The van der Waals surface area contributed by atoms with E-state index in [-0.39, 0.29) is 11.8 Å². The number of hydrogen-bond donors (Lipinski definition) is 1. The van der Waals surface area contributed by atoms with Gasteiger partial charge in [0.25, 0.3) is 0 Å². The van der Waals surface area contributed by atoms with E-state index < -0.39 is 0 Å². The lowest BCUT2D eigenvalue weighted by Gasteiger charge is -2.23. The minimum atomic E-state index is 0.00522. The Morgan fingerprint density at radius 1 is 1.14 bits per heavy atom. The Labute approximate surface area is 124 Å². The van der Waals surface area contributed by atoms with E-state index in [0.717, 1.165) is 19.3 Å². The van der Waals surface area contributed by atoms with E-state index in [1.807, 2.05) is 18.2 Å². The summed E-state index contributed by atoms with van der Waals surface area (Å²) >= 11 is 0. The molecule has 1 atom stereocenters. The van der Waals surface area contributed by atoms with E-state index in [0.29, 0.717) is 11.3 Å². The number of hydrogen-bond acceptors (Lipinski definition) is 2. The van der Waals surface area contributed by atoms with E-state index in [1.165, 1.54) is 11.1 Å². The van der Waals surface area contributed by atoms with Crippen LogP contribution in [0.25, 0.3) is 0 Å². The number of carbonyl (C=O) groups excluding carboxylic acids is 1. The van der Waals surface area contributed by atoms with Crippen molar-refractivity contribution in [3.05, 3.63) is 65.2 Å². The van der Waals surface area contributed by atoms with Gasteiger partial charge in [0.15, 0.2) is 0 Å². The third-order valence-corrected chi connectivity index (χ3v) is 3.98. The first-order valence-electron chi connectivity index (χ1n) is 7.14. The summed E-state index contributed by atoms with van der Waals surface area (Å²) in [5, 5.41) is 11.8. The van der Waals surface area contributed by atoms with Crippen LogP contribution in [0.5, 0.6) is 0 Å². The number of nitrogens with one attached hydrogen (secondary N) is 1. The number of anilines is 1. The van der Waals surface area contributed by atoms with Gasteiger partial charge in [0.2, 0.25) is 5.91 Å². The van der Waals surface area contributed by atoms with Crippen LogP contribution in [-0.2, 0) is 17.6 Å². The summed E-state index contributed by atoms with van der Waals surface area (Å²) in [6, 6.07) is 17.4. The Morgan fingerprint density at radius 2 is 1.95 bits per heavy atom. The van der Waals surface area contributed by atoms with Crippen LogP contribution in [0, 0.1) is 17.2 Å². The summed E-state index contributed by atoms with van der Waals surface area (Å²) in [5.74, 6) is 0.0465. The second-order valence-corrected chi connectivity index (χ2v) is 5.39. The highest BCUT2D eigenvalue weighted by atomic mass is 16.1. The standard InChI is InChI=1S/C18H16N2O/c19-12-13-4-3-7-17(10-13)20-18(21)16-9-8-14-5-1-2-6-15(14)11-16/h1-7,10,16H,8-9,11H2,(H,20,21). The minimum absolute atomic E-state index is 0.00522. The summed E-state index contributed by atoms with van der Waals surface area (Å²) < 4.78 is 0. The summed E-state index contributed by atoms with van der Waals surface area (Å²) in [5.41, 5.74) is 3.88. The van der Waals surface area contributed by atoms with Crippen LogP contribution in [0.2, 0.25) is 0 Å². The number of fused-ring (bicyclic) bond motifs is 1. The Morgan fingerprint density at radius 3 is 2.76 bits per heavy atom. The van der Waals surface area contributed by atoms with Gasteiger partial charge in [0.1, 0.15) is 0 Å². The van der Waals surface area contributed by atoms with Crippen molar-refractivity contribution in [1.82, 2.24) is 0 Å². The maximum Gasteiger partial charge on any atom is 0.227 e. The maximum atomic E-state index is 12.4. The molecule has 1 N–H and O–H groups in total. The van der Waals surface area contributed by atoms with Crippen LogP contribution in [0.3, 0.4) is 0 Å². The molecule has 1 aliphatic rings. The smallest absolute Gasteiger partial charge is 0.227 e. The van der Waals surface area contributed by atoms with Crippen molar-refractivity contribution in [3.8, 4) is 6.07 Å². The monoisotopic (exact) mass is 276 g/mol. The summed E-state index contributed by atoms with van der Waals surface area (Å²) in [7, 11) is 0. The summed E-state index contributed by atoms with van der Waals surface area (Å²) in [6.45, 7) is 0. The molecule has 0 bridgehead atoms. The van der Waals surface area contributed by atoms with Crippen LogP contribution in [-0.4, -0.2) is 5.91 Å². The number of carbonyl (C=O) groups is 1. The van der Waals surface area contributed by atoms with Crippen LogP contribution in [0.4, 0.5) is 5.69 Å². The van der Waals surface area contributed by atoms with E-state index in [2.05, 4.69) is 23.5 Å². The topological polar surface area (TPSA) is 52.9 Å². The molecule has 0 heterocycles. The Balaban J connectivity index is 1.71. The number of amides is 1. The van der Waals surface area contributed by atoms with E-state index >= 15 is 0 Å². The van der Waals surface area contributed by atoms with Crippen molar-refractivity contribution in [2.75, 3.05) is 5.32 Å². The second kappa shape index (κ2) is 5.80. The molecule has 0 aromatic heterocycles. The molecule has 0 radical (unpaired) electrons. The first-order valence-corrected chi connectivity index (χ1v) is 7.14. The van der Waals surface area contributed by atoms with Gasteiger partial charge >= 0.3 is 0 Å². The molecule has 3 nitrogen and oxygen atoms in total. The molecular formula is C18H16N2O. The Hall–Kier alpha value is -2.60. The van der Waals surface area contributed by atoms with Crippen LogP contribution >= 0.6 is 0 Å². The van der Waals surface area contributed by atoms with Crippen molar-refractivity contribution in [2.24, 2.45) is 5.92 Å². The van der Waals surface area contributed by atoms with Crippen molar-refractivity contribution in [3.63, 3.8) is 0 Å². The highest BCUT2D eigenvalue weighted by Crippen LogP contribution is 2.26. The van der Waals surface area contributed by atoms with Gasteiger partial charge < -0.3 is 5.32 Å². The highest BCUT2D eigenvalue weighted by Gasteiger charge is 2.24. The third kappa shape index (κ3) is 2.95. The van der Waals surface area contributed by atoms with Gasteiger partial charge in [0.05, 0.1) is 11.6 Å². The van der Waals surface area contributed by atoms with Gasteiger partial charge in [-0.2, -0.15) is 5.26 Å². The molecule has 0 saturated heterocycles. The quantitative estimate of drug-likeness (QED) is 0.915. The molecule has 2 aromatic rings. The molecule has 21 heavy (non-hydrogen) atoms. The number of nitriles is 1. The van der Waals surface area contributed by atoms with E-state index in [9.17, 15) is 4.79 Å². The predicted molar refractivity (Wildman–Crippen MR) is 81.7 cm³/mol.